The molecule has 0 saturated heterocycles. The van der Waals surface area contributed by atoms with E-state index < -0.39 is 0 Å². The molecule has 0 heterocycles. The third kappa shape index (κ3) is 3.85. The molecule has 0 aliphatic heterocycles. The summed E-state index contributed by atoms with van der Waals surface area (Å²) in [6, 6.07) is 14.6. The Balaban J connectivity index is 2.35. The lowest BCUT2D eigenvalue weighted by atomic mass is 9.96. The lowest BCUT2D eigenvalue weighted by molar-refractivity contribution is 0.170. The molecular weight excluding hydrogens is 258 g/mol. The summed E-state index contributed by atoms with van der Waals surface area (Å²) in [6.07, 6.45) is 0.765. The van der Waals surface area contributed by atoms with Crippen molar-refractivity contribution in [2.24, 2.45) is 5.73 Å². The van der Waals surface area contributed by atoms with E-state index in [1.165, 1.54) is 22.3 Å². The van der Waals surface area contributed by atoms with Gasteiger partial charge in [0.1, 0.15) is 11.9 Å². The molecule has 2 N–H and O–H groups in total. The highest BCUT2D eigenvalue weighted by Gasteiger charge is 2.22. The fourth-order valence-corrected chi connectivity index (χ4v) is 2.65. The quantitative estimate of drug-likeness (QED) is 0.878. The van der Waals surface area contributed by atoms with Crippen molar-refractivity contribution in [3.8, 4) is 5.75 Å². The van der Waals surface area contributed by atoms with Gasteiger partial charge in [-0.3, -0.25) is 0 Å². The molecule has 0 aliphatic rings. The average Bonchev–Trinajstić information content (AvgIpc) is 2.44. The maximum Gasteiger partial charge on any atom is 0.139 e. The Morgan fingerprint density at radius 2 is 1.62 bits per heavy atom. The van der Waals surface area contributed by atoms with Crippen molar-refractivity contribution in [1.29, 1.82) is 0 Å². The molecule has 0 aliphatic carbocycles. The number of rotatable bonds is 5. The summed E-state index contributed by atoms with van der Waals surface area (Å²) in [6.45, 7) is 8.38. The Morgan fingerprint density at radius 1 is 1.00 bits per heavy atom. The Morgan fingerprint density at radius 3 is 2.19 bits per heavy atom. The van der Waals surface area contributed by atoms with Crippen molar-refractivity contribution < 1.29 is 4.74 Å². The third-order valence-electron chi connectivity index (χ3n) is 3.81. The first kappa shape index (κ1) is 15.6. The minimum Gasteiger partial charge on any atom is -0.484 e. The van der Waals surface area contributed by atoms with Crippen LogP contribution in [0.15, 0.2) is 42.5 Å². The molecule has 2 aromatic rings. The highest BCUT2D eigenvalue weighted by atomic mass is 16.5. The van der Waals surface area contributed by atoms with Gasteiger partial charge in [0, 0.05) is 6.04 Å². The maximum absolute atomic E-state index is 6.32. The standard InChI is InChI=1S/C19H25NO/c1-5-18(20)19(17-9-7-6-8-15(17)4)21-16-11-13(2)10-14(3)12-16/h6-12,18-19H,5,20H2,1-4H3. The second-order valence-electron chi connectivity index (χ2n) is 5.79. The van der Waals surface area contributed by atoms with Crippen molar-refractivity contribution >= 4 is 0 Å². The maximum atomic E-state index is 6.32. The normalized spacial score (nSPS) is 13.8. The van der Waals surface area contributed by atoms with Gasteiger partial charge in [-0.05, 0) is 61.6 Å². The highest BCUT2D eigenvalue weighted by Crippen LogP contribution is 2.28. The first-order valence-corrected chi connectivity index (χ1v) is 7.57. The number of hydrogen-bond donors (Lipinski definition) is 1. The smallest absolute Gasteiger partial charge is 0.139 e. The number of hydrogen-bond acceptors (Lipinski definition) is 2. The van der Waals surface area contributed by atoms with E-state index in [4.69, 9.17) is 10.5 Å². The van der Waals surface area contributed by atoms with Gasteiger partial charge in [-0.2, -0.15) is 0 Å². The van der Waals surface area contributed by atoms with Gasteiger partial charge >= 0.3 is 0 Å². The summed E-state index contributed by atoms with van der Waals surface area (Å²) in [4.78, 5) is 0. The predicted octanol–water partition coefficient (Wildman–Crippen LogP) is 4.47. The fourth-order valence-electron chi connectivity index (χ4n) is 2.65. The summed E-state index contributed by atoms with van der Waals surface area (Å²) in [7, 11) is 0. The van der Waals surface area contributed by atoms with E-state index in [-0.39, 0.29) is 12.1 Å². The van der Waals surface area contributed by atoms with Crippen LogP contribution in [-0.2, 0) is 0 Å². The van der Waals surface area contributed by atoms with Crippen LogP contribution in [0.3, 0.4) is 0 Å². The van der Waals surface area contributed by atoms with Crippen LogP contribution in [-0.4, -0.2) is 6.04 Å². The van der Waals surface area contributed by atoms with E-state index in [0.29, 0.717) is 0 Å². The van der Waals surface area contributed by atoms with Crippen LogP contribution in [0.5, 0.6) is 5.75 Å². The molecule has 0 aromatic heterocycles. The van der Waals surface area contributed by atoms with Crippen LogP contribution in [0.25, 0.3) is 0 Å². The Hall–Kier alpha value is -1.80. The number of aryl methyl sites for hydroxylation is 3. The molecule has 2 heteroatoms. The van der Waals surface area contributed by atoms with Gasteiger partial charge in [-0.25, -0.2) is 0 Å². The molecule has 0 fully saturated rings. The predicted molar refractivity (Wildman–Crippen MR) is 88.7 cm³/mol. The Bertz CT molecular complexity index is 586. The molecular formula is C19H25NO. The van der Waals surface area contributed by atoms with Crippen molar-refractivity contribution in [3.63, 3.8) is 0 Å². The number of ether oxygens (including phenoxy) is 1. The van der Waals surface area contributed by atoms with Crippen LogP contribution in [0.4, 0.5) is 0 Å². The lowest BCUT2D eigenvalue weighted by Gasteiger charge is -2.26. The van der Waals surface area contributed by atoms with Gasteiger partial charge in [0.15, 0.2) is 0 Å². The van der Waals surface area contributed by atoms with Gasteiger partial charge < -0.3 is 10.5 Å². The summed E-state index contributed by atoms with van der Waals surface area (Å²) in [5, 5.41) is 0. The lowest BCUT2D eigenvalue weighted by Crippen LogP contribution is -2.32. The molecule has 2 atom stereocenters. The van der Waals surface area contributed by atoms with Crippen LogP contribution in [0, 0.1) is 20.8 Å². The van der Waals surface area contributed by atoms with Gasteiger partial charge in [0.25, 0.3) is 0 Å². The first-order chi connectivity index (χ1) is 10.0. The van der Waals surface area contributed by atoms with Crippen LogP contribution >= 0.6 is 0 Å². The van der Waals surface area contributed by atoms with E-state index in [9.17, 15) is 0 Å². The van der Waals surface area contributed by atoms with Gasteiger partial charge in [-0.1, -0.05) is 37.3 Å². The minimum atomic E-state index is -0.114. The van der Waals surface area contributed by atoms with Crippen LogP contribution in [0.1, 0.15) is 41.7 Å². The monoisotopic (exact) mass is 283 g/mol. The molecule has 2 nitrogen and oxygen atoms in total. The van der Waals surface area contributed by atoms with Crippen molar-refractivity contribution in [2.45, 2.75) is 46.3 Å². The number of nitrogens with two attached hydrogens (primary N) is 1. The van der Waals surface area contributed by atoms with E-state index in [2.05, 4.69) is 58.0 Å². The van der Waals surface area contributed by atoms with Crippen molar-refractivity contribution in [3.05, 3.63) is 64.7 Å². The molecule has 0 amide bonds. The zero-order valence-electron chi connectivity index (χ0n) is 13.4. The topological polar surface area (TPSA) is 35.2 Å². The number of benzene rings is 2. The molecule has 2 unspecified atom stereocenters. The van der Waals surface area contributed by atoms with Crippen molar-refractivity contribution in [2.75, 3.05) is 0 Å². The molecule has 2 rings (SSSR count). The van der Waals surface area contributed by atoms with E-state index in [1.54, 1.807) is 0 Å². The molecule has 0 saturated carbocycles. The van der Waals surface area contributed by atoms with Crippen LogP contribution < -0.4 is 10.5 Å². The van der Waals surface area contributed by atoms with Gasteiger partial charge in [-0.15, -0.1) is 0 Å². The molecule has 21 heavy (non-hydrogen) atoms. The minimum absolute atomic E-state index is 0.0214. The van der Waals surface area contributed by atoms with E-state index >= 15 is 0 Å². The Labute approximate surface area is 127 Å². The van der Waals surface area contributed by atoms with E-state index in [0.717, 1.165) is 12.2 Å². The molecule has 0 spiro atoms. The van der Waals surface area contributed by atoms with Crippen molar-refractivity contribution in [1.82, 2.24) is 0 Å². The second kappa shape index (κ2) is 6.77. The molecule has 0 radical (unpaired) electrons. The summed E-state index contributed by atoms with van der Waals surface area (Å²) < 4.78 is 6.27. The molecule has 2 aromatic carbocycles. The molecule has 0 bridgehead atoms. The van der Waals surface area contributed by atoms with Gasteiger partial charge in [0.2, 0.25) is 0 Å². The highest BCUT2D eigenvalue weighted by molar-refractivity contribution is 5.35. The largest absolute Gasteiger partial charge is 0.484 e. The SMILES string of the molecule is CCC(N)C(Oc1cc(C)cc(C)c1)c1ccccc1C. The Kier molecular flexibility index (Phi) is 5.03. The average molecular weight is 283 g/mol. The summed E-state index contributed by atoms with van der Waals surface area (Å²) in [5.41, 5.74) is 11.1. The zero-order valence-corrected chi connectivity index (χ0v) is 13.4. The summed E-state index contributed by atoms with van der Waals surface area (Å²) in [5.74, 6) is 0.893. The summed E-state index contributed by atoms with van der Waals surface area (Å²) >= 11 is 0. The fraction of sp³-hybridized carbons (Fsp3) is 0.368. The second-order valence-corrected chi connectivity index (χ2v) is 5.79. The van der Waals surface area contributed by atoms with E-state index in [1.807, 2.05) is 12.1 Å². The van der Waals surface area contributed by atoms with Gasteiger partial charge in [0.05, 0.1) is 0 Å². The zero-order chi connectivity index (χ0) is 15.4. The third-order valence-corrected chi connectivity index (χ3v) is 3.81. The first-order valence-electron chi connectivity index (χ1n) is 7.57. The molecule has 112 valence electrons. The van der Waals surface area contributed by atoms with Crippen LogP contribution in [0.2, 0.25) is 0 Å².